The van der Waals surface area contributed by atoms with Gasteiger partial charge >= 0.3 is 6.18 Å². The molecule has 1 aliphatic heterocycles. The van der Waals surface area contributed by atoms with E-state index in [0.29, 0.717) is 10.4 Å². The Labute approximate surface area is 169 Å². The summed E-state index contributed by atoms with van der Waals surface area (Å²) >= 11 is 6.66. The van der Waals surface area contributed by atoms with Crippen LogP contribution in [-0.4, -0.2) is 51.6 Å². The number of hydrogen-bond donors (Lipinski definition) is 0. The topological polar surface area (TPSA) is 74.8 Å². The average molecular weight is 475 g/mol. The molecular formula is C15H14ClF3N2O4S3. The lowest BCUT2D eigenvalue weighted by molar-refractivity contribution is -0.137. The van der Waals surface area contributed by atoms with E-state index in [2.05, 4.69) is 0 Å². The second kappa shape index (κ2) is 7.58. The van der Waals surface area contributed by atoms with Gasteiger partial charge in [0.05, 0.1) is 14.8 Å². The molecule has 1 aromatic carbocycles. The Bertz CT molecular complexity index is 1080. The van der Waals surface area contributed by atoms with Crippen LogP contribution in [0.1, 0.15) is 5.56 Å². The summed E-state index contributed by atoms with van der Waals surface area (Å²) in [7, 11) is -7.98. The lowest BCUT2D eigenvalue weighted by atomic mass is 10.2. The molecule has 0 aliphatic carbocycles. The summed E-state index contributed by atoms with van der Waals surface area (Å²) in [6, 6.07) is 6.29. The highest BCUT2D eigenvalue weighted by molar-refractivity contribution is 7.91. The second-order valence-corrected chi connectivity index (χ2v) is 11.7. The van der Waals surface area contributed by atoms with Gasteiger partial charge in [0.15, 0.2) is 0 Å². The first-order valence-electron chi connectivity index (χ1n) is 7.85. The van der Waals surface area contributed by atoms with Crippen molar-refractivity contribution in [2.75, 3.05) is 26.2 Å². The van der Waals surface area contributed by atoms with Gasteiger partial charge in [-0.15, -0.1) is 11.3 Å². The van der Waals surface area contributed by atoms with Crippen LogP contribution in [0, 0.1) is 0 Å². The fourth-order valence-electron chi connectivity index (χ4n) is 2.70. The number of hydrogen-bond acceptors (Lipinski definition) is 5. The summed E-state index contributed by atoms with van der Waals surface area (Å²) in [4.78, 5) is -0.483. The Morgan fingerprint density at radius 3 is 1.96 bits per heavy atom. The number of benzene rings is 1. The molecule has 6 nitrogen and oxygen atoms in total. The standard InChI is InChI=1S/C15H14ClF3N2O4S3/c16-13-4-5-14(26-13)28(24,25)21-8-6-20(7-9-21)27(22,23)12-3-1-2-11(10-12)15(17,18)19/h1-5,10H,6-9H2. The van der Waals surface area contributed by atoms with E-state index in [4.69, 9.17) is 11.6 Å². The van der Waals surface area contributed by atoms with Crippen molar-refractivity contribution >= 4 is 43.0 Å². The largest absolute Gasteiger partial charge is 0.416 e. The van der Waals surface area contributed by atoms with Crippen LogP contribution in [0.4, 0.5) is 13.2 Å². The molecule has 0 spiro atoms. The minimum Gasteiger partial charge on any atom is -0.207 e. The Morgan fingerprint density at radius 1 is 0.893 bits per heavy atom. The number of nitrogens with zero attached hydrogens (tertiary/aromatic N) is 2. The van der Waals surface area contributed by atoms with Crippen molar-refractivity contribution in [1.82, 2.24) is 8.61 Å². The van der Waals surface area contributed by atoms with Gasteiger partial charge < -0.3 is 0 Å². The molecule has 1 fully saturated rings. The molecule has 0 saturated carbocycles. The predicted octanol–water partition coefficient (Wildman–Crippen LogP) is 3.12. The summed E-state index contributed by atoms with van der Waals surface area (Å²) < 4.78 is 91.5. The van der Waals surface area contributed by atoms with Crippen LogP contribution in [0.3, 0.4) is 0 Å². The summed E-state index contributed by atoms with van der Waals surface area (Å²) in [6.07, 6.45) is -4.67. The van der Waals surface area contributed by atoms with E-state index in [-0.39, 0.29) is 30.4 Å². The first-order valence-corrected chi connectivity index (χ1v) is 11.9. The molecule has 2 heterocycles. The van der Waals surface area contributed by atoms with Gasteiger partial charge in [0.25, 0.3) is 10.0 Å². The van der Waals surface area contributed by atoms with E-state index in [9.17, 15) is 30.0 Å². The zero-order valence-electron chi connectivity index (χ0n) is 14.1. The van der Waals surface area contributed by atoms with Crippen molar-refractivity contribution in [3.05, 3.63) is 46.3 Å². The van der Waals surface area contributed by atoms with Crippen molar-refractivity contribution in [3.8, 4) is 0 Å². The molecule has 13 heteroatoms. The Kier molecular flexibility index (Phi) is 5.82. The van der Waals surface area contributed by atoms with E-state index in [1.807, 2.05) is 0 Å². The van der Waals surface area contributed by atoms with Gasteiger partial charge in [-0.05, 0) is 30.3 Å². The van der Waals surface area contributed by atoms with E-state index in [1.165, 1.54) is 12.1 Å². The first kappa shape index (κ1) is 21.5. The molecule has 0 atom stereocenters. The molecule has 0 amide bonds. The highest BCUT2D eigenvalue weighted by atomic mass is 35.5. The van der Waals surface area contributed by atoms with Crippen LogP contribution in [0.2, 0.25) is 4.34 Å². The number of thiophene rings is 1. The maximum Gasteiger partial charge on any atom is 0.416 e. The quantitative estimate of drug-likeness (QED) is 0.682. The molecule has 1 aromatic heterocycles. The lowest BCUT2D eigenvalue weighted by Crippen LogP contribution is -2.50. The minimum atomic E-state index is -4.67. The molecule has 154 valence electrons. The zero-order chi connectivity index (χ0) is 20.7. The molecule has 2 aromatic rings. The van der Waals surface area contributed by atoms with E-state index in [0.717, 1.165) is 38.1 Å². The average Bonchev–Trinajstić information content (AvgIpc) is 3.08. The smallest absolute Gasteiger partial charge is 0.207 e. The van der Waals surface area contributed by atoms with Crippen LogP contribution in [0.25, 0.3) is 0 Å². The van der Waals surface area contributed by atoms with Gasteiger partial charge in [-0.2, -0.15) is 21.8 Å². The van der Waals surface area contributed by atoms with Gasteiger partial charge in [0.2, 0.25) is 10.0 Å². The normalized spacial score (nSPS) is 17.7. The highest BCUT2D eigenvalue weighted by Crippen LogP contribution is 2.32. The summed E-state index contributed by atoms with van der Waals surface area (Å²) in [6.45, 7) is -0.570. The fourth-order valence-corrected chi connectivity index (χ4v) is 7.22. The molecule has 3 rings (SSSR count). The van der Waals surface area contributed by atoms with Gasteiger partial charge in [0, 0.05) is 26.2 Å². The third-order valence-corrected chi connectivity index (χ3v) is 9.63. The Morgan fingerprint density at radius 2 is 1.46 bits per heavy atom. The maximum atomic E-state index is 12.9. The number of alkyl halides is 3. The van der Waals surface area contributed by atoms with Crippen molar-refractivity contribution in [1.29, 1.82) is 0 Å². The molecule has 1 saturated heterocycles. The number of rotatable bonds is 4. The van der Waals surface area contributed by atoms with Gasteiger partial charge in [-0.25, -0.2) is 16.8 Å². The highest BCUT2D eigenvalue weighted by Gasteiger charge is 2.36. The second-order valence-electron chi connectivity index (χ2n) is 5.89. The summed E-state index contributed by atoms with van der Waals surface area (Å²) in [5.74, 6) is 0. The van der Waals surface area contributed by atoms with Crippen LogP contribution < -0.4 is 0 Å². The maximum absolute atomic E-state index is 12.9. The van der Waals surface area contributed by atoms with E-state index >= 15 is 0 Å². The predicted molar refractivity (Wildman–Crippen MR) is 98.3 cm³/mol. The van der Waals surface area contributed by atoms with Crippen LogP contribution in [-0.2, 0) is 26.2 Å². The van der Waals surface area contributed by atoms with Crippen molar-refractivity contribution in [3.63, 3.8) is 0 Å². The molecule has 0 bridgehead atoms. The van der Waals surface area contributed by atoms with Crippen LogP contribution in [0.5, 0.6) is 0 Å². The zero-order valence-corrected chi connectivity index (χ0v) is 17.3. The van der Waals surface area contributed by atoms with Crippen LogP contribution >= 0.6 is 22.9 Å². The number of piperazine rings is 1. The van der Waals surface area contributed by atoms with Crippen molar-refractivity contribution in [2.45, 2.75) is 15.3 Å². The molecular weight excluding hydrogens is 461 g/mol. The van der Waals surface area contributed by atoms with Crippen molar-refractivity contribution < 1.29 is 30.0 Å². The van der Waals surface area contributed by atoms with Gasteiger partial charge in [0.1, 0.15) is 4.21 Å². The summed E-state index contributed by atoms with van der Waals surface area (Å²) in [5.41, 5.74) is -1.07. The fraction of sp³-hybridized carbons (Fsp3) is 0.333. The molecule has 0 N–H and O–H groups in total. The van der Waals surface area contributed by atoms with Gasteiger partial charge in [-0.1, -0.05) is 17.7 Å². The minimum absolute atomic E-state index is 0.0479. The van der Waals surface area contributed by atoms with Gasteiger partial charge in [-0.3, -0.25) is 0 Å². The Hall–Kier alpha value is -1.18. The SMILES string of the molecule is O=S(=O)(c1cccc(C(F)(F)F)c1)N1CCN(S(=O)(=O)c2ccc(Cl)s2)CC1. The first-order chi connectivity index (χ1) is 12.9. The number of halogens is 4. The molecule has 1 aliphatic rings. The monoisotopic (exact) mass is 474 g/mol. The molecule has 0 unspecified atom stereocenters. The molecule has 0 radical (unpaired) electrons. The lowest BCUT2D eigenvalue weighted by Gasteiger charge is -2.33. The third kappa shape index (κ3) is 4.21. The van der Waals surface area contributed by atoms with E-state index < -0.39 is 36.7 Å². The Balaban J connectivity index is 1.77. The summed E-state index contributed by atoms with van der Waals surface area (Å²) in [5, 5.41) is 0. The number of sulfonamides is 2. The van der Waals surface area contributed by atoms with Crippen LogP contribution in [0.15, 0.2) is 45.5 Å². The third-order valence-electron chi connectivity index (χ3n) is 4.14. The van der Waals surface area contributed by atoms with Crippen molar-refractivity contribution in [2.24, 2.45) is 0 Å². The van der Waals surface area contributed by atoms with E-state index in [1.54, 1.807) is 0 Å². The molecule has 28 heavy (non-hydrogen) atoms.